The molecule has 1 aliphatic heterocycles. The average molecular weight is 436 g/mol. The summed E-state index contributed by atoms with van der Waals surface area (Å²) in [6, 6.07) is 7.83. The molecular formula is C18H28F3N5O2S. The summed E-state index contributed by atoms with van der Waals surface area (Å²) in [6.45, 7) is 2.65. The number of hydrogen-bond donors (Lipinski definition) is 2. The lowest BCUT2D eigenvalue weighted by atomic mass is 10.1. The van der Waals surface area contributed by atoms with Crippen molar-refractivity contribution in [2.75, 3.05) is 38.6 Å². The number of benzene rings is 1. The number of halogens is 3. The van der Waals surface area contributed by atoms with E-state index in [1.54, 1.807) is 0 Å². The van der Waals surface area contributed by atoms with Gasteiger partial charge in [0.2, 0.25) is 0 Å². The van der Waals surface area contributed by atoms with Crippen LogP contribution in [0.25, 0.3) is 0 Å². The Morgan fingerprint density at radius 1 is 1.21 bits per heavy atom. The fourth-order valence-electron chi connectivity index (χ4n) is 2.97. The highest BCUT2D eigenvalue weighted by atomic mass is 32.2. The van der Waals surface area contributed by atoms with Crippen LogP contribution < -0.4 is 15.5 Å². The van der Waals surface area contributed by atoms with E-state index in [1.807, 2.05) is 50.2 Å². The molecule has 1 aliphatic rings. The van der Waals surface area contributed by atoms with Gasteiger partial charge in [-0.3, -0.25) is 0 Å². The van der Waals surface area contributed by atoms with Crippen LogP contribution in [0.3, 0.4) is 0 Å². The molecule has 0 aromatic heterocycles. The third-order valence-corrected chi connectivity index (χ3v) is 6.27. The number of nitrogens with one attached hydrogen (secondary N) is 2. The minimum absolute atomic E-state index is 0.149. The van der Waals surface area contributed by atoms with Gasteiger partial charge in [-0.05, 0) is 37.5 Å². The molecule has 1 saturated heterocycles. The summed E-state index contributed by atoms with van der Waals surface area (Å²) in [5.41, 5.74) is -3.14. The number of sulfonamides is 1. The topological polar surface area (TPSA) is 77.0 Å². The molecule has 0 bridgehead atoms. The molecule has 0 spiro atoms. The first-order valence-electron chi connectivity index (χ1n) is 9.42. The van der Waals surface area contributed by atoms with Crippen molar-refractivity contribution in [2.45, 2.75) is 37.9 Å². The summed E-state index contributed by atoms with van der Waals surface area (Å²) in [5.74, 6) is 0.557. The molecule has 0 amide bonds. The minimum Gasteiger partial charge on any atom is -0.378 e. The molecule has 0 radical (unpaired) electrons. The van der Waals surface area contributed by atoms with Crippen molar-refractivity contribution in [1.82, 2.24) is 14.9 Å². The molecule has 11 heteroatoms. The standard InChI is InChI=1S/C18H28F3N5O2S/c1-4-22-17(23-13-14-5-7-16(8-6-14)25(2)3)24-15-9-11-26(12-10-15)29(27,28)18(19,20)21/h5-8,15H,4,9-13H2,1-3H3,(H2,22,23,24). The maximum atomic E-state index is 12.7. The van der Waals surface area contributed by atoms with Crippen molar-refractivity contribution in [3.8, 4) is 0 Å². The molecule has 7 nitrogen and oxygen atoms in total. The van der Waals surface area contributed by atoms with E-state index >= 15 is 0 Å². The Morgan fingerprint density at radius 3 is 2.28 bits per heavy atom. The first-order chi connectivity index (χ1) is 13.5. The third-order valence-electron chi connectivity index (χ3n) is 4.64. The Balaban J connectivity index is 1.95. The SMILES string of the molecule is CCNC(=NCc1ccc(N(C)C)cc1)NC1CCN(S(=O)(=O)C(F)(F)F)CC1. The van der Waals surface area contributed by atoms with Gasteiger partial charge >= 0.3 is 15.5 Å². The van der Waals surface area contributed by atoms with Crippen molar-refractivity contribution in [2.24, 2.45) is 4.99 Å². The van der Waals surface area contributed by atoms with E-state index in [1.165, 1.54) is 0 Å². The van der Waals surface area contributed by atoms with Crippen LogP contribution in [-0.4, -0.2) is 64.0 Å². The Labute approximate surface area is 170 Å². The molecule has 0 unspecified atom stereocenters. The first-order valence-corrected chi connectivity index (χ1v) is 10.9. The van der Waals surface area contributed by atoms with Gasteiger partial charge < -0.3 is 15.5 Å². The monoisotopic (exact) mass is 435 g/mol. The highest BCUT2D eigenvalue weighted by Crippen LogP contribution is 2.28. The smallest absolute Gasteiger partial charge is 0.378 e. The number of piperidine rings is 1. The summed E-state index contributed by atoms with van der Waals surface area (Å²) in [5, 5.41) is 6.31. The second-order valence-electron chi connectivity index (χ2n) is 7.02. The molecule has 0 aliphatic carbocycles. The normalized spacial score (nSPS) is 17.2. The Hall–Kier alpha value is -2.01. The van der Waals surface area contributed by atoms with E-state index in [4.69, 9.17) is 0 Å². The van der Waals surface area contributed by atoms with Gasteiger partial charge in [0.15, 0.2) is 5.96 Å². The highest BCUT2D eigenvalue weighted by Gasteiger charge is 2.50. The zero-order valence-corrected chi connectivity index (χ0v) is 17.6. The quantitative estimate of drug-likeness (QED) is 0.529. The largest absolute Gasteiger partial charge is 0.511 e. The number of hydrogen-bond acceptors (Lipinski definition) is 4. The van der Waals surface area contributed by atoms with Gasteiger partial charge in [-0.2, -0.15) is 17.5 Å². The predicted molar refractivity (Wildman–Crippen MR) is 108 cm³/mol. The van der Waals surface area contributed by atoms with Gasteiger partial charge in [0.1, 0.15) is 0 Å². The van der Waals surface area contributed by atoms with E-state index < -0.39 is 15.5 Å². The van der Waals surface area contributed by atoms with Crippen LogP contribution in [0, 0.1) is 0 Å². The first kappa shape index (κ1) is 23.3. The summed E-state index contributed by atoms with van der Waals surface area (Å²) < 4.78 is 61.5. The van der Waals surface area contributed by atoms with Crippen LogP contribution in [0.15, 0.2) is 29.3 Å². The average Bonchev–Trinajstić information content (AvgIpc) is 2.66. The number of aliphatic imine (C=N–C) groups is 1. The molecule has 0 atom stereocenters. The van der Waals surface area contributed by atoms with Crippen LogP contribution in [0.2, 0.25) is 0 Å². The highest BCUT2D eigenvalue weighted by molar-refractivity contribution is 7.90. The Morgan fingerprint density at radius 2 is 1.79 bits per heavy atom. The predicted octanol–water partition coefficient (Wildman–Crippen LogP) is 2.12. The van der Waals surface area contributed by atoms with Crippen molar-refractivity contribution >= 4 is 21.7 Å². The van der Waals surface area contributed by atoms with E-state index in [0.29, 0.717) is 23.4 Å². The molecular weight excluding hydrogens is 407 g/mol. The van der Waals surface area contributed by atoms with E-state index in [0.717, 1.165) is 11.3 Å². The van der Waals surface area contributed by atoms with Crippen LogP contribution in [0.4, 0.5) is 18.9 Å². The van der Waals surface area contributed by atoms with Gasteiger partial charge in [-0.15, -0.1) is 0 Å². The summed E-state index contributed by atoms with van der Waals surface area (Å²) >= 11 is 0. The van der Waals surface area contributed by atoms with Crippen LogP contribution in [0.1, 0.15) is 25.3 Å². The molecule has 1 aromatic carbocycles. The number of nitrogens with zero attached hydrogens (tertiary/aromatic N) is 3. The van der Waals surface area contributed by atoms with Gasteiger partial charge in [0.05, 0.1) is 6.54 Å². The molecule has 2 rings (SSSR count). The van der Waals surface area contributed by atoms with E-state index in [-0.39, 0.29) is 32.0 Å². The zero-order valence-electron chi connectivity index (χ0n) is 16.8. The second-order valence-corrected chi connectivity index (χ2v) is 8.95. The van der Waals surface area contributed by atoms with Crippen LogP contribution >= 0.6 is 0 Å². The van der Waals surface area contributed by atoms with E-state index in [9.17, 15) is 21.6 Å². The second kappa shape index (κ2) is 9.66. The van der Waals surface area contributed by atoms with Gasteiger partial charge in [-0.1, -0.05) is 12.1 Å². The lowest BCUT2D eigenvalue weighted by molar-refractivity contribution is -0.0494. The lowest BCUT2D eigenvalue weighted by Gasteiger charge is -2.32. The fraction of sp³-hybridized carbons (Fsp3) is 0.611. The molecule has 1 heterocycles. The third kappa shape index (κ3) is 6.23. The van der Waals surface area contributed by atoms with Crippen molar-refractivity contribution < 1.29 is 21.6 Å². The van der Waals surface area contributed by atoms with Crippen molar-refractivity contribution in [1.29, 1.82) is 0 Å². The van der Waals surface area contributed by atoms with Crippen molar-refractivity contribution in [3.05, 3.63) is 29.8 Å². The van der Waals surface area contributed by atoms with Gasteiger partial charge in [0, 0.05) is 45.5 Å². The minimum atomic E-state index is -5.26. The fourth-order valence-corrected chi connectivity index (χ4v) is 3.95. The van der Waals surface area contributed by atoms with Crippen molar-refractivity contribution in [3.63, 3.8) is 0 Å². The van der Waals surface area contributed by atoms with Crippen LogP contribution in [-0.2, 0) is 16.6 Å². The molecule has 1 aromatic rings. The van der Waals surface area contributed by atoms with Gasteiger partial charge in [-0.25, -0.2) is 13.4 Å². The molecule has 1 fully saturated rings. The summed E-state index contributed by atoms with van der Waals surface area (Å²) in [6.07, 6.45) is 0.550. The number of rotatable bonds is 6. The maximum Gasteiger partial charge on any atom is 0.511 e. The van der Waals surface area contributed by atoms with Gasteiger partial charge in [0.25, 0.3) is 0 Å². The number of alkyl halides is 3. The molecule has 164 valence electrons. The lowest BCUT2D eigenvalue weighted by Crippen LogP contribution is -2.51. The Kier molecular flexibility index (Phi) is 7.75. The molecule has 29 heavy (non-hydrogen) atoms. The van der Waals surface area contributed by atoms with Crippen LogP contribution in [0.5, 0.6) is 0 Å². The number of anilines is 1. The summed E-state index contributed by atoms with van der Waals surface area (Å²) in [7, 11) is -1.33. The molecule has 0 saturated carbocycles. The zero-order chi connectivity index (χ0) is 21.7. The van der Waals surface area contributed by atoms with E-state index in [2.05, 4.69) is 15.6 Å². The Bertz CT molecular complexity index is 787. The number of guanidine groups is 1. The maximum absolute atomic E-state index is 12.7. The molecule has 2 N–H and O–H groups in total. The summed E-state index contributed by atoms with van der Waals surface area (Å²) in [4.78, 5) is 6.53.